The van der Waals surface area contributed by atoms with Gasteiger partial charge in [-0.3, -0.25) is 62.3 Å². The van der Waals surface area contributed by atoms with Gasteiger partial charge < -0.3 is 79.1 Å². The number of carboxylic acids is 1. The minimum Gasteiger partial charge on any atom is -0.480 e. The first-order chi connectivity index (χ1) is 45.4. The maximum Gasteiger partial charge on any atom is 0.326 e. The molecule has 13 amide bonds. The van der Waals surface area contributed by atoms with Gasteiger partial charge in [-0.05, 0) is 146 Å². The Morgan fingerprint density at radius 1 is 0.327 bits per heavy atom. The molecule has 558 valence electrons. The third-order valence-electron chi connectivity index (χ3n) is 16.9. The monoisotopic (exact) mass is 1390 g/mol. The van der Waals surface area contributed by atoms with E-state index in [1.807, 2.05) is 96.9 Å². The molecule has 0 unspecified atom stereocenters. The van der Waals surface area contributed by atoms with Crippen molar-refractivity contribution in [3.8, 4) is 0 Å². The molecule has 0 aromatic carbocycles. The number of carbonyl (C=O) groups is 14. The van der Waals surface area contributed by atoms with Gasteiger partial charge >= 0.3 is 5.97 Å². The van der Waals surface area contributed by atoms with Crippen LogP contribution >= 0.6 is 0 Å². The molecule has 2 fully saturated rings. The predicted octanol–water partition coefficient (Wildman–Crippen LogP) is 1.77. The molecule has 2 saturated heterocycles. The van der Waals surface area contributed by atoms with Crippen LogP contribution in [-0.4, -0.2) is 195 Å². The highest BCUT2D eigenvalue weighted by Gasteiger charge is 2.42. The first kappa shape index (κ1) is 86.6. The van der Waals surface area contributed by atoms with E-state index in [0.29, 0.717) is 19.3 Å². The van der Waals surface area contributed by atoms with E-state index in [1.54, 1.807) is 13.8 Å². The second kappa shape index (κ2) is 41.2. The van der Waals surface area contributed by atoms with Crippen LogP contribution in [0.1, 0.15) is 209 Å². The van der Waals surface area contributed by atoms with Crippen molar-refractivity contribution < 1.29 is 72.2 Å². The number of likely N-dealkylation sites (tertiary alicyclic amines) is 2. The van der Waals surface area contributed by atoms with E-state index in [1.165, 1.54) is 37.5 Å². The van der Waals surface area contributed by atoms with Crippen LogP contribution < -0.4 is 64.2 Å². The number of nitrogens with two attached hydrogens (primary N) is 1. The standard InChI is InChI=1S/C69H122N14O15/c1-34(2)27-46(59(87)71-43(18)57(85)75-49(30-37(7)8)61(89)77-47(28-35(3)4)60(88)73-45(20)67(95)82-25-21-24-54(82)65(93)80-52(69(97)98)33-40(13)14)76-62(90)50(31-38(9)10)78-66(94)55(41(15)16)81-58(86)44(19)72-64(92)53-23-22-26-83(53)68(96)51(32-39(11)12)79-63(91)48(29-36(5)6)74-56(84)42(17)70/h34-55H,21-33,70H2,1-20H3,(H,71,87)(H,72,92)(H,73,88)(H,74,84)(H,75,85)(H,76,90)(H,77,89)(H,78,94)(H,79,91)(H,80,93)(H,81,86)(H,97,98)/t42-,43-,44-,45-,46-,47-,48-,49-,50-,51-,52-,53-,54-,55-/m0/s1. The molecule has 0 saturated carbocycles. The van der Waals surface area contributed by atoms with Crippen LogP contribution in [0.25, 0.3) is 0 Å². The van der Waals surface area contributed by atoms with E-state index in [2.05, 4.69) is 58.5 Å². The lowest BCUT2D eigenvalue weighted by Crippen LogP contribution is -2.61. The van der Waals surface area contributed by atoms with Crippen LogP contribution in [0.15, 0.2) is 0 Å². The van der Waals surface area contributed by atoms with Crippen molar-refractivity contribution in [3.63, 3.8) is 0 Å². The molecule has 98 heavy (non-hydrogen) atoms. The van der Waals surface area contributed by atoms with E-state index in [-0.39, 0.29) is 106 Å². The van der Waals surface area contributed by atoms with Gasteiger partial charge in [-0.2, -0.15) is 0 Å². The van der Waals surface area contributed by atoms with Crippen molar-refractivity contribution in [3.05, 3.63) is 0 Å². The van der Waals surface area contributed by atoms with Crippen molar-refractivity contribution in [1.29, 1.82) is 0 Å². The summed E-state index contributed by atoms with van der Waals surface area (Å²) in [6, 6.07) is -15.7. The molecule has 0 bridgehead atoms. The van der Waals surface area contributed by atoms with Gasteiger partial charge in [-0.1, -0.05) is 111 Å². The number of carbonyl (C=O) groups excluding carboxylic acids is 13. The van der Waals surface area contributed by atoms with Crippen LogP contribution in [0.3, 0.4) is 0 Å². The molecular weight excluding hydrogens is 1260 g/mol. The summed E-state index contributed by atoms with van der Waals surface area (Å²) in [6.45, 7) is 35.3. The smallest absolute Gasteiger partial charge is 0.326 e. The molecule has 2 heterocycles. The second-order valence-corrected chi connectivity index (χ2v) is 30.3. The van der Waals surface area contributed by atoms with Crippen LogP contribution in [0.4, 0.5) is 0 Å². The zero-order valence-corrected chi connectivity index (χ0v) is 62.0. The Hall–Kier alpha value is -7.46. The maximum atomic E-state index is 14.3. The summed E-state index contributed by atoms with van der Waals surface area (Å²) in [5, 5.41) is 39.5. The van der Waals surface area contributed by atoms with Crippen LogP contribution in [0.2, 0.25) is 0 Å². The van der Waals surface area contributed by atoms with Crippen LogP contribution in [0.5, 0.6) is 0 Å². The van der Waals surface area contributed by atoms with Gasteiger partial charge in [0.1, 0.15) is 78.5 Å². The normalized spacial score (nSPS) is 18.5. The highest BCUT2D eigenvalue weighted by Crippen LogP contribution is 2.23. The largest absolute Gasteiger partial charge is 0.480 e. The minimum absolute atomic E-state index is 0.00459. The Bertz CT molecular complexity index is 2740. The van der Waals surface area contributed by atoms with Gasteiger partial charge in [0.2, 0.25) is 76.8 Å². The van der Waals surface area contributed by atoms with E-state index in [0.717, 1.165) is 0 Å². The molecule has 29 nitrogen and oxygen atoms in total. The number of carboxylic acid groups (broad SMARTS) is 1. The number of hydrogen-bond acceptors (Lipinski definition) is 15. The van der Waals surface area contributed by atoms with Gasteiger partial charge in [-0.15, -0.1) is 0 Å². The molecular formula is C69H122N14O15. The quantitative estimate of drug-likeness (QED) is 0.0416. The summed E-state index contributed by atoms with van der Waals surface area (Å²) in [5.41, 5.74) is 5.78. The molecule has 2 rings (SSSR count). The van der Waals surface area contributed by atoms with E-state index in [4.69, 9.17) is 5.73 Å². The second-order valence-electron chi connectivity index (χ2n) is 30.3. The minimum atomic E-state index is -1.27. The van der Waals surface area contributed by atoms with Gasteiger partial charge in [0.05, 0.1) is 6.04 Å². The Morgan fingerprint density at radius 2 is 0.612 bits per heavy atom. The van der Waals surface area contributed by atoms with Crippen molar-refractivity contribution in [1.82, 2.24) is 68.3 Å². The third-order valence-corrected chi connectivity index (χ3v) is 16.9. The third kappa shape index (κ3) is 29.2. The average molecular weight is 1390 g/mol. The van der Waals surface area contributed by atoms with Gasteiger partial charge in [0, 0.05) is 13.1 Å². The molecule has 29 heteroatoms. The van der Waals surface area contributed by atoms with E-state index >= 15 is 0 Å². The number of aliphatic carboxylic acids is 1. The number of hydrogen-bond donors (Lipinski definition) is 13. The van der Waals surface area contributed by atoms with E-state index in [9.17, 15) is 72.2 Å². The van der Waals surface area contributed by atoms with Crippen molar-refractivity contribution in [2.24, 2.45) is 53.1 Å². The number of nitrogens with zero attached hydrogens (tertiary/aromatic N) is 2. The van der Waals surface area contributed by atoms with Crippen molar-refractivity contribution >= 4 is 82.8 Å². The number of rotatable bonds is 40. The van der Waals surface area contributed by atoms with Gasteiger partial charge in [0.25, 0.3) is 0 Å². The molecule has 0 aromatic heterocycles. The fourth-order valence-electron chi connectivity index (χ4n) is 11.8. The van der Waals surface area contributed by atoms with E-state index < -0.39 is 173 Å². The first-order valence-corrected chi connectivity index (χ1v) is 35.4. The maximum absolute atomic E-state index is 14.3. The zero-order chi connectivity index (χ0) is 74.9. The molecule has 0 radical (unpaired) electrons. The number of amides is 13. The molecule has 14 atom stereocenters. The molecule has 0 aliphatic carbocycles. The lowest BCUT2D eigenvalue weighted by molar-refractivity contribution is -0.145. The number of nitrogens with one attached hydrogen (secondary N) is 11. The Kier molecular flexibility index (Phi) is 36.4. The fraction of sp³-hybridized carbons (Fsp3) is 0.797. The summed E-state index contributed by atoms with van der Waals surface area (Å²) < 4.78 is 0. The van der Waals surface area contributed by atoms with Crippen molar-refractivity contribution in [2.45, 2.75) is 294 Å². The molecule has 0 spiro atoms. The summed E-state index contributed by atoms with van der Waals surface area (Å²) in [4.78, 5) is 195. The molecule has 0 aromatic rings. The Balaban J connectivity index is 2.24. The predicted molar refractivity (Wildman–Crippen MR) is 370 cm³/mol. The highest BCUT2D eigenvalue weighted by molar-refractivity contribution is 6.00. The lowest BCUT2D eigenvalue weighted by atomic mass is 9.98. The average Bonchev–Trinajstić information content (AvgIpc) is 1.70. The molecule has 2 aliphatic heterocycles. The summed E-state index contributed by atoms with van der Waals surface area (Å²) >= 11 is 0. The summed E-state index contributed by atoms with van der Waals surface area (Å²) in [5.74, 6) is -11.0. The van der Waals surface area contributed by atoms with Crippen LogP contribution in [0, 0.1) is 47.3 Å². The topological polar surface area (TPSA) is 424 Å². The van der Waals surface area contributed by atoms with Crippen LogP contribution in [-0.2, 0) is 67.1 Å². The highest BCUT2D eigenvalue weighted by atomic mass is 16.4. The molecule has 2 aliphatic rings. The summed E-state index contributed by atoms with van der Waals surface area (Å²) in [7, 11) is 0. The SMILES string of the molecule is CC(C)C[C@H](NC(=O)[C@@H]1CCCN1C(=O)[C@H](C)NC(=O)[C@H](CC(C)C)NC(=O)[C@H](CC(C)C)NC(=O)[C@H](C)NC(=O)[C@H](CC(C)C)NC(=O)[C@H](CC(C)C)NC(=O)[C@@H](NC(=O)[C@H](C)NC(=O)[C@@H]1CCCN1C(=O)[C@H](CC(C)C)NC(=O)[C@H](CC(C)C)NC(=O)[C@H](C)N)C(C)C)C(=O)O. The zero-order valence-electron chi connectivity index (χ0n) is 62.0. The van der Waals surface area contributed by atoms with Crippen molar-refractivity contribution in [2.75, 3.05) is 13.1 Å². The fourth-order valence-corrected chi connectivity index (χ4v) is 11.8. The van der Waals surface area contributed by atoms with Gasteiger partial charge in [-0.25, -0.2) is 4.79 Å². The molecule has 14 N–H and O–H groups in total. The summed E-state index contributed by atoms with van der Waals surface area (Å²) in [6.07, 6.45) is 2.64. The van der Waals surface area contributed by atoms with Gasteiger partial charge in [0.15, 0.2) is 0 Å². The Labute approximate surface area is 581 Å². The Morgan fingerprint density at radius 3 is 0.980 bits per heavy atom. The first-order valence-electron chi connectivity index (χ1n) is 35.4. The lowest BCUT2D eigenvalue weighted by Gasteiger charge is -2.31.